The lowest BCUT2D eigenvalue weighted by atomic mass is 10.1. The Hall–Kier alpha value is -4.15. The van der Waals surface area contributed by atoms with E-state index in [1.807, 2.05) is 6.92 Å². The van der Waals surface area contributed by atoms with E-state index in [-0.39, 0.29) is 29.3 Å². The summed E-state index contributed by atoms with van der Waals surface area (Å²) in [7, 11) is 3.12. The standard InChI is InChI=1S/C22H23FN6O4/c1-11-15(31-4)8-12(9-16(11)32-5)25-21-24-10-13(23)18(29-21)26-17-7-6-14-19(27-17)28-20(30)22(2,3)33-14/h6-10H,1-5H3,(H3,24,25,26,27,28,29,30). The van der Waals surface area contributed by atoms with Crippen LogP contribution in [0.3, 0.4) is 0 Å². The molecular weight excluding hydrogens is 431 g/mol. The quantitative estimate of drug-likeness (QED) is 0.509. The largest absolute Gasteiger partial charge is 0.496 e. The van der Waals surface area contributed by atoms with E-state index < -0.39 is 11.4 Å². The molecule has 172 valence electrons. The summed E-state index contributed by atoms with van der Waals surface area (Å²) in [6, 6.07) is 6.74. The lowest BCUT2D eigenvalue weighted by Gasteiger charge is -2.30. The molecule has 1 aliphatic rings. The second-order valence-electron chi connectivity index (χ2n) is 7.76. The summed E-state index contributed by atoms with van der Waals surface area (Å²) in [4.78, 5) is 24.6. The number of methoxy groups -OCH3 is 2. The number of anilines is 5. The topological polar surface area (TPSA) is 120 Å². The van der Waals surface area contributed by atoms with Crippen LogP contribution in [0.1, 0.15) is 19.4 Å². The lowest BCUT2D eigenvalue weighted by molar-refractivity contribution is -0.129. The van der Waals surface area contributed by atoms with Gasteiger partial charge in [-0.3, -0.25) is 4.79 Å². The molecule has 10 nitrogen and oxygen atoms in total. The van der Waals surface area contributed by atoms with E-state index >= 15 is 0 Å². The van der Waals surface area contributed by atoms with Crippen molar-refractivity contribution in [1.82, 2.24) is 15.0 Å². The zero-order chi connectivity index (χ0) is 23.8. The molecule has 0 saturated heterocycles. The first-order valence-corrected chi connectivity index (χ1v) is 10.0. The van der Waals surface area contributed by atoms with Crippen molar-refractivity contribution in [2.75, 3.05) is 30.2 Å². The highest BCUT2D eigenvalue weighted by Crippen LogP contribution is 2.35. The number of carbonyl (C=O) groups is 1. The zero-order valence-corrected chi connectivity index (χ0v) is 18.7. The summed E-state index contributed by atoms with van der Waals surface area (Å²) in [6.07, 6.45) is 1.03. The molecule has 1 amide bonds. The van der Waals surface area contributed by atoms with E-state index in [0.717, 1.165) is 11.8 Å². The van der Waals surface area contributed by atoms with Crippen LogP contribution in [-0.2, 0) is 4.79 Å². The van der Waals surface area contributed by atoms with Gasteiger partial charge in [0.25, 0.3) is 5.91 Å². The first kappa shape index (κ1) is 22.1. The molecule has 0 saturated carbocycles. The smallest absolute Gasteiger partial charge is 0.269 e. The minimum atomic E-state index is -1.01. The van der Waals surface area contributed by atoms with E-state index in [9.17, 15) is 9.18 Å². The summed E-state index contributed by atoms with van der Waals surface area (Å²) in [5.74, 6) is 1.17. The zero-order valence-electron chi connectivity index (χ0n) is 18.7. The van der Waals surface area contributed by atoms with Gasteiger partial charge >= 0.3 is 0 Å². The predicted molar refractivity (Wildman–Crippen MR) is 120 cm³/mol. The van der Waals surface area contributed by atoms with Crippen LogP contribution in [0.4, 0.5) is 33.5 Å². The van der Waals surface area contributed by atoms with Crippen LogP contribution in [-0.4, -0.2) is 40.7 Å². The molecular formula is C22H23FN6O4. The summed E-state index contributed by atoms with van der Waals surface area (Å²) < 4.78 is 30.8. The molecule has 1 aliphatic heterocycles. The minimum Gasteiger partial charge on any atom is -0.496 e. The van der Waals surface area contributed by atoms with Gasteiger partial charge in [-0.05, 0) is 32.9 Å². The third-order valence-corrected chi connectivity index (χ3v) is 5.00. The second-order valence-corrected chi connectivity index (χ2v) is 7.76. The number of rotatable bonds is 6. The molecule has 0 unspecified atom stereocenters. The van der Waals surface area contributed by atoms with Gasteiger partial charge in [0.05, 0.1) is 20.4 Å². The Morgan fingerprint density at radius 3 is 2.45 bits per heavy atom. The van der Waals surface area contributed by atoms with E-state index in [2.05, 4.69) is 30.9 Å². The Morgan fingerprint density at radius 2 is 1.79 bits per heavy atom. The first-order valence-electron chi connectivity index (χ1n) is 10.0. The van der Waals surface area contributed by atoms with Gasteiger partial charge in [0, 0.05) is 23.4 Å². The van der Waals surface area contributed by atoms with Gasteiger partial charge < -0.3 is 30.2 Å². The summed E-state index contributed by atoms with van der Waals surface area (Å²) >= 11 is 0. The number of halogens is 1. The number of carbonyl (C=O) groups excluding carboxylic acids is 1. The van der Waals surface area contributed by atoms with Crippen molar-refractivity contribution >= 4 is 35.0 Å². The minimum absolute atomic E-state index is 0.102. The number of aromatic nitrogens is 3. The molecule has 0 aliphatic carbocycles. The number of pyridine rings is 1. The van der Waals surface area contributed by atoms with Crippen LogP contribution < -0.4 is 30.2 Å². The maximum atomic E-state index is 14.4. The van der Waals surface area contributed by atoms with Crippen molar-refractivity contribution in [3.63, 3.8) is 0 Å². The maximum absolute atomic E-state index is 14.4. The molecule has 0 bridgehead atoms. The van der Waals surface area contributed by atoms with Crippen molar-refractivity contribution < 1.29 is 23.4 Å². The monoisotopic (exact) mass is 454 g/mol. The van der Waals surface area contributed by atoms with Crippen LogP contribution >= 0.6 is 0 Å². The third kappa shape index (κ3) is 4.43. The Kier molecular flexibility index (Phi) is 5.62. The van der Waals surface area contributed by atoms with Crippen LogP contribution in [0, 0.1) is 12.7 Å². The summed E-state index contributed by atoms with van der Waals surface area (Å²) in [5.41, 5.74) is 0.428. The molecule has 2 aromatic heterocycles. The first-order chi connectivity index (χ1) is 15.7. The number of fused-ring (bicyclic) bond motifs is 1. The molecule has 0 fully saturated rings. The molecule has 0 spiro atoms. The van der Waals surface area contributed by atoms with Gasteiger partial charge in [-0.1, -0.05) is 0 Å². The Balaban J connectivity index is 1.58. The Morgan fingerprint density at radius 1 is 1.09 bits per heavy atom. The van der Waals surface area contributed by atoms with Crippen LogP contribution in [0.2, 0.25) is 0 Å². The van der Waals surface area contributed by atoms with Crippen molar-refractivity contribution in [2.45, 2.75) is 26.4 Å². The number of nitrogens with one attached hydrogen (secondary N) is 3. The highest BCUT2D eigenvalue weighted by Gasteiger charge is 2.36. The van der Waals surface area contributed by atoms with Gasteiger partial charge in [0.1, 0.15) is 17.3 Å². The molecule has 4 rings (SSSR count). The van der Waals surface area contributed by atoms with Crippen LogP contribution in [0.5, 0.6) is 17.2 Å². The molecule has 0 radical (unpaired) electrons. The second kappa shape index (κ2) is 8.41. The van der Waals surface area contributed by atoms with Gasteiger partial charge in [-0.2, -0.15) is 4.98 Å². The number of nitrogens with zero attached hydrogens (tertiary/aromatic N) is 3. The Bertz CT molecular complexity index is 1210. The summed E-state index contributed by atoms with van der Waals surface area (Å²) in [5, 5.41) is 8.50. The molecule has 1 aromatic carbocycles. The SMILES string of the molecule is COc1cc(Nc2ncc(F)c(Nc3ccc4c(n3)NC(=O)C(C)(C)O4)n2)cc(OC)c1C. The fourth-order valence-electron chi connectivity index (χ4n) is 3.19. The number of ether oxygens (including phenoxy) is 3. The Labute approximate surface area is 189 Å². The highest BCUT2D eigenvalue weighted by atomic mass is 19.1. The van der Waals surface area contributed by atoms with Gasteiger partial charge in [0.2, 0.25) is 5.95 Å². The van der Waals surface area contributed by atoms with E-state index in [1.165, 1.54) is 0 Å². The number of hydrogen-bond donors (Lipinski definition) is 3. The van der Waals surface area contributed by atoms with Crippen molar-refractivity contribution in [2.24, 2.45) is 0 Å². The molecule has 33 heavy (non-hydrogen) atoms. The third-order valence-electron chi connectivity index (χ3n) is 5.00. The molecule has 3 aromatic rings. The molecule has 0 atom stereocenters. The normalized spacial score (nSPS) is 13.9. The van der Waals surface area contributed by atoms with Crippen LogP contribution in [0.15, 0.2) is 30.5 Å². The molecule has 3 N–H and O–H groups in total. The average molecular weight is 454 g/mol. The predicted octanol–water partition coefficient (Wildman–Crippen LogP) is 3.93. The van der Waals surface area contributed by atoms with Crippen molar-refractivity contribution in [3.05, 3.63) is 41.8 Å². The lowest BCUT2D eigenvalue weighted by Crippen LogP contribution is -2.46. The van der Waals surface area contributed by atoms with Crippen LogP contribution in [0.25, 0.3) is 0 Å². The summed E-state index contributed by atoms with van der Waals surface area (Å²) in [6.45, 7) is 5.18. The average Bonchev–Trinajstić information content (AvgIpc) is 2.78. The van der Waals surface area contributed by atoms with Crippen molar-refractivity contribution in [1.29, 1.82) is 0 Å². The van der Waals surface area contributed by atoms with Gasteiger partial charge in [0.15, 0.2) is 28.8 Å². The van der Waals surface area contributed by atoms with Gasteiger partial charge in [-0.25, -0.2) is 14.4 Å². The number of benzene rings is 1. The van der Waals surface area contributed by atoms with E-state index in [4.69, 9.17) is 14.2 Å². The maximum Gasteiger partial charge on any atom is 0.269 e. The fraction of sp³-hybridized carbons (Fsp3) is 0.273. The van der Waals surface area contributed by atoms with E-state index in [1.54, 1.807) is 52.3 Å². The molecule has 3 heterocycles. The van der Waals surface area contributed by atoms with E-state index in [0.29, 0.717) is 22.9 Å². The van der Waals surface area contributed by atoms with Crippen molar-refractivity contribution in [3.8, 4) is 17.2 Å². The van der Waals surface area contributed by atoms with Gasteiger partial charge in [-0.15, -0.1) is 0 Å². The molecule has 11 heteroatoms. The fourth-order valence-corrected chi connectivity index (χ4v) is 3.19. The number of amides is 1. The number of hydrogen-bond acceptors (Lipinski definition) is 9. The highest BCUT2D eigenvalue weighted by molar-refractivity contribution is 5.99.